The Morgan fingerprint density at radius 2 is 2.32 bits per heavy atom. The molecule has 9 heteroatoms. The van der Waals surface area contributed by atoms with Crippen LogP contribution in [0.4, 0.5) is 0 Å². The van der Waals surface area contributed by atoms with E-state index in [2.05, 4.69) is 14.9 Å². The zero-order valence-corrected chi connectivity index (χ0v) is 11.9. The fourth-order valence-electron chi connectivity index (χ4n) is 1.49. The number of rotatable bonds is 6. The van der Waals surface area contributed by atoms with Crippen molar-refractivity contribution in [1.29, 1.82) is 0 Å². The standard InChI is InChI=1S/C10H14N4O3S2/c1-2-14-7-11-13-9(14)4-12-19(16,17)10-3-8(5-15)6-18-10/h3,6-7,12,15H,2,4-5H2,1H3. The average Bonchev–Trinajstić information content (AvgIpc) is 3.05. The van der Waals surface area contributed by atoms with Gasteiger partial charge in [0.1, 0.15) is 16.4 Å². The second-order valence-corrected chi connectivity index (χ2v) is 6.69. The van der Waals surface area contributed by atoms with Crippen LogP contribution in [0.5, 0.6) is 0 Å². The SMILES string of the molecule is CCn1cnnc1CNS(=O)(=O)c1cc(CO)cs1. The highest BCUT2D eigenvalue weighted by atomic mass is 32.2. The van der Waals surface area contributed by atoms with Crippen LogP contribution in [0, 0.1) is 0 Å². The molecule has 2 rings (SSSR count). The first-order valence-electron chi connectivity index (χ1n) is 5.61. The van der Waals surface area contributed by atoms with Gasteiger partial charge in [0.25, 0.3) is 0 Å². The van der Waals surface area contributed by atoms with Gasteiger partial charge in [-0.15, -0.1) is 21.5 Å². The van der Waals surface area contributed by atoms with Crippen molar-refractivity contribution >= 4 is 21.4 Å². The molecule has 2 N–H and O–H groups in total. The zero-order valence-electron chi connectivity index (χ0n) is 10.3. The van der Waals surface area contributed by atoms with E-state index in [9.17, 15) is 8.42 Å². The molecule has 2 aromatic heterocycles. The summed E-state index contributed by atoms with van der Waals surface area (Å²) in [4.78, 5) is 0. The lowest BCUT2D eigenvalue weighted by Gasteiger charge is -2.05. The summed E-state index contributed by atoms with van der Waals surface area (Å²) in [7, 11) is -3.57. The monoisotopic (exact) mass is 302 g/mol. The number of hydrogen-bond acceptors (Lipinski definition) is 6. The number of aryl methyl sites for hydroxylation is 1. The molecule has 0 amide bonds. The summed E-state index contributed by atoms with van der Waals surface area (Å²) >= 11 is 1.07. The Balaban J connectivity index is 2.09. The fourth-order valence-corrected chi connectivity index (χ4v) is 3.71. The van der Waals surface area contributed by atoms with Crippen molar-refractivity contribution in [2.24, 2.45) is 0 Å². The number of sulfonamides is 1. The summed E-state index contributed by atoms with van der Waals surface area (Å²) in [6, 6.07) is 1.46. The number of thiophene rings is 1. The van der Waals surface area contributed by atoms with Gasteiger partial charge in [0, 0.05) is 6.54 Å². The van der Waals surface area contributed by atoms with Crippen molar-refractivity contribution in [2.45, 2.75) is 30.8 Å². The van der Waals surface area contributed by atoms with Crippen LogP contribution in [0.2, 0.25) is 0 Å². The van der Waals surface area contributed by atoms with E-state index in [1.807, 2.05) is 6.92 Å². The highest BCUT2D eigenvalue weighted by Gasteiger charge is 2.17. The van der Waals surface area contributed by atoms with Gasteiger partial charge in [-0.2, -0.15) is 0 Å². The molecule has 0 fully saturated rings. The van der Waals surface area contributed by atoms with Crippen LogP contribution in [-0.4, -0.2) is 28.3 Å². The van der Waals surface area contributed by atoms with Gasteiger partial charge >= 0.3 is 0 Å². The van der Waals surface area contributed by atoms with Gasteiger partial charge in [0.2, 0.25) is 10.0 Å². The molecule has 0 radical (unpaired) electrons. The van der Waals surface area contributed by atoms with Crippen molar-refractivity contribution in [1.82, 2.24) is 19.5 Å². The average molecular weight is 302 g/mol. The molecule has 0 saturated heterocycles. The number of aliphatic hydroxyl groups is 1. The van der Waals surface area contributed by atoms with Crippen LogP contribution in [0.15, 0.2) is 22.0 Å². The molecule has 0 aromatic carbocycles. The zero-order chi connectivity index (χ0) is 13.9. The minimum absolute atomic E-state index is 0.0858. The number of hydrogen-bond donors (Lipinski definition) is 2. The maximum Gasteiger partial charge on any atom is 0.250 e. The highest BCUT2D eigenvalue weighted by Crippen LogP contribution is 2.20. The second kappa shape index (κ2) is 5.78. The van der Waals surface area contributed by atoms with Crippen LogP contribution < -0.4 is 4.72 Å². The van der Waals surface area contributed by atoms with Crippen LogP contribution in [0.25, 0.3) is 0 Å². The quantitative estimate of drug-likeness (QED) is 0.801. The molecular formula is C10H14N4O3S2. The molecular weight excluding hydrogens is 288 g/mol. The lowest BCUT2D eigenvalue weighted by Crippen LogP contribution is -2.24. The number of nitrogens with one attached hydrogen (secondary N) is 1. The molecule has 0 bridgehead atoms. The molecule has 7 nitrogen and oxygen atoms in total. The minimum atomic E-state index is -3.57. The summed E-state index contributed by atoms with van der Waals surface area (Å²) < 4.78 is 28.4. The van der Waals surface area contributed by atoms with E-state index in [4.69, 9.17) is 5.11 Å². The van der Waals surface area contributed by atoms with Crippen LogP contribution >= 0.6 is 11.3 Å². The van der Waals surface area contributed by atoms with E-state index in [0.717, 1.165) is 11.3 Å². The van der Waals surface area contributed by atoms with Gasteiger partial charge in [0.05, 0.1) is 13.2 Å². The van der Waals surface area contributed by atoms with E-state index in [0.29, 0.717) is 17.9 Å². The first kappa shape index (κ1) is 14.1. The molecule has 104 valence electrons. The van der Waals surface area contributed by atoms with Gasteiger partial charge in [-0.1, -0.05) is 0 Å². The van der Waals surface area contributed by atoms with Crippen molar-refractivity contribution < 1.29 is 13.5 Å². The third-order valence-corrected chi connectivity index (χ3v) is 5.42. The molecule has 0 aliphatic rings. The fraction of sp³-hybridized carbons (Fsp3) is 0.400. The van der Waals surface area contributed by atoms with Gasteiger partial charge in [-0.05, 0) is 23.9 Å². The Bertz CT molecular complexity index is 647. The van der Waals surface area contributed by atoms with E-state index in [-0.39, 0.29) is 17.4 Å². The second-order valence-electron chi connectivity index (χ2n) is 3.79. The third kappa shape index (κ3) is 3.18. The summed E-state index contributed by atoms with van der Waals surface area (Å²) in [6.07, 6.45) is 1.55. The summed E-state index contributed by atoms with van der Waals surface area (Å²) in [6.45, 7) is 2.52. The van der Waals surface area contributed by atoms with Crippen molar-refractivity contribution in [3.63, 3.8) is 0 Å². The first-order chi connectivity index (χ1) is 9.06. The third-order valence-electron chi connectivity index (χ3n) is 2.53. The predicted molar refractivity (Wildman–Crippen MR) is 70.0 cm³/mol. The first-order valence-corrected chi connectivity index (χ1v) is 7.97. The van der Waals surface area contributed by atoms with Crippen LogP contribution in [0.1, 0.15) is 18.3 Å². The Morgan fingerprint density at radius 3 is 2.95 bits per heavy atom. The summed E-state index contributed by atoms with van der Waals surface area (Å²) in [5.41, 5.74) is 0.585. The molecule has 19 heavy (non-hydrogen) atoms. The van der Waals surface area contributed by atoms with E-state index >= 15 is 0 Å². The largest absolute Gasteiger partial charge is 0.392 e. The van der Waals surface area contributed by atoms with Crippen molar-refractivity contribution in [2.75, 3.05) is 0 Å². The number of aromatic nitrogens is 3. The highest BCUT2D eigenvalue weighted by molar-refractivity contribution is 7.91. The summed E-state index contributed by atoms with van der Waals surface area (Å²) in [5, 5.41) is 18.1. The van der Waals surface area contributed by atoms with Gasteiger partial charge < -0.3 is 9.67 Å². The molecule has 0 atom stereocenters. The lowest BCUT2D eigenvalue weighted by atomic mass is 10.4. The Labute approximate surface area is 115 Å². The molecule has 0 spiro atoms. The molecule has 0 unspecified atom stereocenters. The smallest absolute Gasteiger partial charge is 0.250 e. The Hall–Kier alpha value is -1.29. The molecule has 2 heterocycles. The lowest BCUT2D eigenvalue weighted by molar-refractivity contribution is 0.282. The van der Waals surface area contributed by atoms with Gasteiger partial charge in [-0.25, -0.2) is 13.1 Å². The van der Waals surface area contributed by atoms with E-state index in [1.165, 1.54) is 6.07 Å². The van der Waals surface area contributed by atoms with Gasteiger partial charge in [0.15, 0.2) is 0 Å². The predicted octanol–water partition coefficient (Wildman–Crippen LogP) is 0.330. The van der Waals surface area contributed by atoms with E-state index < -0.39 is 10.0 Å². The van der Waals surface area contributed by atoms with E-state index in [1.54, 1.807) is 16.3 Å². The van der Waals surface area contributed by atoms with Crippen LogP contribution in [-0.2, 0) is 29.7 Å². The topological polar surface area (TPSA) is 97.1 Å². The number of aliphatic hydroxyl groups excluding tert-OH is 1. The van der Waals surface area contributed by atoms with Crippen molar-refractivity contribution in [3.8, 4) is 0 Å². The van der Waals surface area contributed by atoms with Gasteiger partial charge in [-0.3, -0.25) is 0 Å². The Kier molecular flexibility index (Phi) is 4.30. The normalized spacial score (nSPS) is 11.9. The van der Waals surface area contributed by atoms with Crippen LogP contribution in [0.3, 0.4) is 0 Å². The molecule has 0 saturated carbocycles. The molecule has 2 aromatic rings. The summed E-state index contributed by atoms with van der Waals surface area (Å²) in [5.74, 6) is 0.560. The maximum absolute atomic E-state index is 12.0. The number of nitrogens with zero attached hydrogens (tertiary/aromatic N) is 3. The maximum atomic E-state index is 12.0. The molecule has 0 aliphatic carbocycles. The Morgan fingerprint density at radius 1 is 1.53 bits per heavy atom. The molecule has 0 aliphatic heterocycles. The van der Waals surface area contributed by atoms with Crippen molar-refractivity contribution in [3.05, 3.63) is 29.2 Å². The minimum Gasteiger partial charge on any atom is -0.392 e.